The van der Waals surface area contributed by atoms with Crippen molar-refractivity contribution in [3.05, 3.63) is 16.6 Å². The summed E-state index contributed by atoms with van der Waals surface area (Å²) in [7, 11) is 0. The number of halogens is 1. The fourth-order valence-corrected chi connectivity index (χ4v) is 1.65. The standard InChI is InChI=1S/C6H5BrN2O3/c7-3-1-2-4-5(6(3)10)8-12-9(4)11/h3H,1-2H2. The summed E-state index contributed by atoms with van der Waals surface area (Å²) in [6.07, 6.45) is 1.15. The molecule has 0 aromatic carbocycles. The Bertz CT molecular complexity index is 336. The van der Waals surface area contributed by atoms with Crippen molar-refractivity contribution in [3.8, 4) is 0 Å². The maximum atomic E-state index is 11.3. The first kappa shape index (κ1) is 7.72. The van der Waals surface area contributed by atoms with Crippen LogP contribution in [0.3, 0.4) is 0 Å². The van der Waals surface area contributed by atoms with Crippen molar-refractivity contribution in [1.82, 2.24) is 5.16 Å². The Hall–Kier alpha value is -0.910. The first-order valence-corrected chi connectivity index (χ1v) is 4.38. The first-order valence-electron chi connectivity index (χ1n) is 3.47. The molecule has 0 fully saturated rings. The summed E-state index contributed by atoms with van der Waals surface area (Å²) in [5.41, 5.74) is 0.508. The van der Waals surface area contributed by atoms with Crippen LogP contribution in [0.15, 0.2) is 4.63 Å². The van der Waals surface area contributed by atoms with E-state index in [9.17, 15) is 10.0 Å². The van der Waals surface area contributed by atoms with E-state index < -0.39 is 0 Å². The number of fused-ring (bicyclic) bond motifs is 1. The summed E-state index contributed by atoms with van der Waals surface area (Å²) < 4.78 is 4.31. The zero-order valence-corrected chi connectivity index (χ0v) is 7.57. The molecule has 1 aliphatic carbocycles. The normalized spacial score (nSPS) is 22.4. The van der Waals surface area contributed by atoms with Crippen molar-refractivity contribution < 1.29 is 14.3 Å². The van der Waals surface area contributed by atoms with E-state index in [2.05, 4.69) is 25.7 Å². The highest BCUT2D eigenvalue weighted by Crippen LogP contribution is 2.21. The lowest BCUT2D eigenvalue weighted by Gasteiger charge is -2.09. The van der Waals surface area contributed by atoms with Gasteiger partial charge in [-0.1, -0.05) is 15.9 Å². The second kappa shape index (κ2) is 2.55. The SMILES string of the molecule is O=C1c2no[n+]([O-])c2CCC1Br. The Morgan fingerprint density at radius 3 is 3.25 bits per heavy atom. The van der Waals surface area contributed by atoms with Crippen LogP contribution >= 0.6 is 15.9 Å². The molecule has 5 nitrogen and oxygen atoms in total. The monoisotopic (exact) mass is 232 g/mol. The number of aromatic nitrogens is 2. The van der Waals surface area contributed by atoms with Crippen LogP contribution in [0.4, 0.5) is 0 Å². The van der Waals surface area contributed by atoms with Crippen molar-refractivity contribution in [3.63, 3.8) is 0 Å². The number of alkyl halides is 1. The van der Waals surface area contributed by atoms with Gasteiger partial charge in [-0.25, -0.2) is 0 Å². The number of nitrogens with zero attached hydrogens (tertiary/aromatic N) is 2. The number of ketones is 1. The van der Waals surface area contributed by atoms with Gasteiger partial charge in [0.25, 0.3) is 5.69 Å². The molecule has 1 unspecified atom stereocenters. The molecule has 0 N–H and O–H groups in total. The minimum atomic E-state index is -0.227. The molecule has 64 valence electrons. The molecule has 1 aromatic heterocycles. The van der Waals surface area contributed by atoms with Crippen LogP contribution in [0.5, 0.6) is 0 Å². The summed E-state index contributed by atoms with van der Waals surface area (Å²) in [4.78, 5) is 11.4. The van der Waals surface area contributed by atoms with Crippen LogP contribution in [0, 0.1) is 5.21 Å². The van der Waals surface area contributed by atoms with Gasteiger partial charge in [-0.2, -0.15) is 0 Å². The van der Waals surface area contributed by atoms with Crippen molar-refractivity contribution in [2.75, 3.05) is 0 Å². The maximum Gasteiger partial charge on any atom is 0.288 e. The molecule has 0 saturated heterocycles. The van der Waals surface area contributed by atoms with Crippen molar-refractivity contribution >= 4 is 21.7 Å². The number of Topliss-reactive ketones (excluding diaryl/α,β-unsaturated/α-hetero) is 1. The van der Waals surface area contributed by atoms with E-state index in [0.717, 1.165) is 0 Å². The van der Waals surface area contributed by atoms with E-state index in [1.165, 1.54) is 0 Å². The van der Waals surface area contributed by atoms with E-state index in [1.807, 2.05) is 0 Å². The molecule has 12 heavy (non-hydrogen) atoms. The molecule has 0 aliphatic heterocycles. The summed E-state index contributed by atoms with van der Waals surface area (Å²) in [5, 5.41) is 14.2. The lowest BCUT2D eigenvalue weighted by atomic mass is 10.00. The van der Waals surface area contributed by atoms with E-state index in [0.29, 0.717) is 23.4 Å². The first-order chi connectivity index (χ1) is 5.70. The summed E-state index contributed by atoms with van der Waals surface area (Å²) in [5.74, 6) is -0.172. The van der Waals surface area contributed by atoms with Crippen LogP contribution in [-0.4, -0.2) is 15.8 Å². The molecule has 1 atom stereocenters. The Labute approximate surface area is 76.0 Å². The van der Waals surface area contributed by atoms with Gasteiger partial charge in [0, 0.05) is 11.6 Å². The minimum Gasteiger partial charge on any atom is -0.359 e. The number of rotatable bonds is 0. The average Bonchev–Trinajstić information content (AvgIpc) is 2.41. The molecule has 2 rings (SSSR count). The summed E-state index contributed by atoms with van der Waals surface area (Å²) in [6.45, 7) is 0. The molecule has 0 amide bonds. The zero-order chi connectivity index (χ0) is 8.72. The van der Waals surface area contributed by atoms with Crippen molar-refractivity contribution in [2.45, 2.75) is 17.7 Å². The fourth-order valence-electron chi connectivity index (χ4n) is 1.21. The van der Waals surface area contributed by atoms with Crippen LogP contribution < -0.4 is 4.90 Å². The van der Waals surface area contributed by atoms with Crippen LogP contribution in [0.1, 0.15) is 22.6 Å². The molecule has 1 heterocycles. The van der Waals surface area contributed by atoms with Gasteiger partial charge in [0.15, 0.2) is 0 Å². The van der Waals surface area contributed by atoms with Crippen LogP contribution in [0.25, 0.3) is 0 Å². The molecular weight excluding hydrogens is 228 g/mol. The van der Waals surface area contributed by atoms with Crippen molar-refractivity contribution in [1.29, 1.82) is 0 Å². The quantitative estimate of drug-likeness (QED) is 0.474. The van der Waals surface area contributed by atoms with Gasteiger partial charge in [0.2, 0.25) is 11.5 Å². The molecule has 0 saturated carbocycles. The van der Waals surface area contributed by atoms with E-state index in [-0.39, 0.29) is 16.3 Å². The third kappa shape index (κ3) is 0.945. The predicted molar refractivity (Wildman–Crippen MR) is 40.8 cm³/mol. The molecule has 1 aliphatic rings. The van der Waals surface area contributed by atoms with E-state index in [1.54, 1.807) is 0 Å². The smallest absolute Gasteiger partial charge is 0.288 e. The Morgan fingerprint density at radius 2 is 2.50 bits per heavy atom. The summed E-state index contributed by atoms with van der Waals surface area (Å²) >= 11 is 3.19. The zero-order valence-electron chi connectivity index (χ0n) is 5.99. The Kier molecular flexibility index (Phi) is 1.64. The van der Waals surface area contributed by atoms with E-state index >= 15 is 0 Å². The number of carbonyl (C=O) groups excluding carboxylic acids is 1. The Balaban J connectivity index is 2.50. The van der Waals surface area contributed by atoms with Crippen molar-refractivity contribution in [2.24, 2.45) is 0 Å². The molecule has 0 bridgehead atoms. The predicted octanol–water partition coefficient (Wildman–Crippen LogP) is 0.200. The van der Waals surface area contributed by atoms with Crippen LogP contribution in [-0.2, 0) is 6.42 Å². The van der Waals surface area contributed by atoms with E-state index in [4.69, 9.17) is 0 Å². The topological polar surface area (TPSA) is 70.0 Å². The highest BCUT2D eigenvalue weighted by atomic mass is 79.9. The molecule has 6 heteroatoms. The maximum absolute atomic E-state index is 11.3. The van der Waals surface area contributed by atoms with Gasteiger partial charge in [-0.3, -0.25) is 9.42 Å². The lowest BCUT2D eigenvalue weighted by molar-refractivity contribution is -0.808. The van der Waals surface area contributed by atoms with Crippen LogP contribution in [0.2, 0.25) is 0 Å². The molecule has 0 radical (unpaired) electrons. The highest BCUT2D eigenvalue weighted by Gasteiger charge is 2.35. The number of hydrogen-bond acceptors (Lipinski definition) is 4. The molecular formula is C6H5BrN2O3. The van der Waals surface area contributed by atoms with Gasteiger partial charge in [0.05, 0.1) is 4.83 Å². The Morgan fingerprint density at radius 1 is 1.75 bits per heavy atom. The second-order valence-corrected chi connectivity index (χ2v) is 3.70. The fraction of sp³-hybridized carbons (Fsp3) is 0.500. The molecule has 1 aromatic rings. The second-order valence-electron chi connectivity index (χ2n) is 2.60. The molecule has 0 spiro atoms. The third-order valence-corrected chi connectivity index (χ3v) is 2.73. The average molecular weight is 233 g/mol. The van der Waals surface area contributed by atoms with Gasteiger partial charge >= 0.3 is 0 Å². The number of hydrogen-bond donors (Lipinski definition) is 0. The highest BCUT2D eigenvalue weighted by molar-refractivity contribution is 9.10. The number of carbonyl (C=O) groups is 1. The van der Waals surface area contributed by atoms with Gasteiger partial charge in [-0.05, 0) is 11.3 Å². The van der Waals surface area contributed by atoms with Gasteiger partial charge in [0.1, 0.15) is 0 Å². The largest absolute Gasteiger partial charge is 0.359 e. The lowest BCUT2D eigenvalue weighted by Crippen LogP contribution is -2.33. The van der Waals surface area contributed by atoms with Gasteiger partial charge in [-0.15, -0.1) is 0 Å². The minimum absolute atomic E-state index is 0.165. The summed E-state index contributed by atoms with van der Waals surface area (Å²) in [6, 6.07) is 0. The third-order valence-electron chi connectivity index (χ3n) is 1.85. The van der Waals surface area contributed by atoms with Gasteiger partial charge < -0.3 is 5.21 Å².